The number of nitrogens with zero attached hydrogens (tertiary/aromatic N) is 1. The van der Waals surface area contributed by atoms with Crippen molar-refractivity contribution in [2.45, 2.75) is 78.6 Å². The molecule has 11 nitrogen and oxygen atoms in total. The molecule has 1 aliphatic carbocycles. The van der Waals surface area contributed by atoms with E-state index in [0.717, 1.165) is 50.5 Å². The van der Waals surface area contributed by atoms with Gasteiger partial charge in [-0.05, 0) is 25.2 Å². The minimum atomic E-state index is -0.366. The Morgan fingerprint density at radius 3 is 2.80 bits per heavy atom. The number of morpholine rings is 1. The number of carbonyl (C=O) groups excluding carboxylic acids is 2. The van der Waals surface area contributed by atoms with Crippen LogP contribution in [0.4, 0.5) is 0 Å². The fourth-order valence-corrected chi connectivity index (χ4v) is 10.6. The Kier molecular flexibility index (Phi) is 8.37. The molecule has 0 radical (unpaired) electrons. The van der Waals surface area contributed by atoms with E-state index in [1.807, 2.05) is 11.8 Å². The maximum Gasteiger partial charge on any atom is 0.226 e. The number of rotatable bonds is 6. The van der Waals surface area contributed by atoms with Crippen molar-refractivity contribution in [3.63, 3.8) is 0 Å². The molecule has 6 aliphatic heterocycles. The zero-order chi connectivity index (χ0) is 27.2. The third kappa shape index (κ3) is 5.58. The van der Waals surface area contributed by atoms with Crippen molar-refractivity contribution in [2.75, 3.05) is 46.0 Å². The third-order valence-corrected chi connectivity index (χ3v) is 12.7. The molecule has 5 saturated heterocycles. The Labute approximate surface area is 244 Å². The van der Waals surface area contributed by atoms with Crippen LogP contribution in [-0.4, -0.2) is 109 Å². The monoisotopic (exact) mass is 593 g/mol. The molecule has 0 aromatic heterocycles. The lowest BCUT2D eigenvalue weighted by molar-refractivity contribution is -0.125. The number of hydrogen-bond acceptors (Lipinski definition) is 12. The van der Waals surface area contributed by atoms with Crippen LogP contribution in [0.1, 0.15) is 32.1 Å². The van der Waals surface area contributed by atoms with Gasteiger partial charge in [0.15, 0.2) is 5.78 Å². The van der Waals surface area contributed by atoms with Gasteiger partial charge in [-0.25, -0.2) is 0 Å². The normalized spacial score (nSPS) is 45.7. The largest absolute Gasteiger partial charge is 0.378 e. The summed E-state index contributed by atoms with van der Waals surface area (Å²) in [5.41, 5.74) is 6.44. The van der Waals surface area contributed by atoms with Gasteiger partial charge in [-0.2, -0.15) is 0 Å². The average molecular weight is 594 g/mol. The molecule has 0 aromatic carbocycles. The molecule has 13 heteroatoms. The Morgan fingerprint density at radius 1 is 1.10 bits per heavy atom. The lowest BCUT2D eigenvalue weighted by Crippen LogP contribution is -2.66. The summed E-state index contributed by atoms with van der Waals surface area (Å²) in [4.78, 5) is 28.1. The molecule has 1 saturated carbocycles. The van der Waals surface area contributed by atoms with E-state index in [4.69, 9.17) is 15.2 Å². The van der Waals surface area contributed by atoms with Gasteiger partial charge >= 0.3 is 0 Å². The highest BCUT2D eigenvalue weighted by Gasteiger charge is 2.51. The lowest BCUT2D eigenvalue weighted by Gasteiger charge is -2.42. The first-order valence-corrected chi connectivity index (χ1v) is 16.9. The summed E-state index contributed by atoms with van der Waals surface area (Å²) >= 11 is 3.68. The number of ether oxygens (including phenoxy) is 2. The van der Waals surface area contributed by atoms with Crippen molar-refractivity contribution >= 4 is 35.2 Å². The fraction of sp³-hybridized carbons (Fsp3) is 0.852. The summed E-state index contributed by atoms with van der Waals surface area (Å²) in [6, 6.07) is 0.516. The third-order valence-electron chi connectivity index (χ3n) is 9.75. The first-order chi connectivity index (χ1) is 19.5. The van der Waals surface area contributed by atoms with E-state index in [9.17, 15) is 9.59 Å². The fourth-order valence-electron chi connectivity index (χ4n) is 7.58. The van der Waals surface area contributed by atoms with Crippen molar-refractivity contribution in [3.8, 4) is 0 Å². The van der Waals surface area contributed by atoms with E-state index >= 15 is 0 Å². The SMILES string of the molecule is N[C@@H]1CCCC[C@@H]1NC1CC2CNC(=O)C2C(NC2CNC(C3COC4C(=O)C=C(N5CCOCC5)SC43)S2)N1. The summed E-state index contributed by atoms with van der Waals surface area (Å²) in [6.07, 6.45) is 6.99. The molecule has 6 fully saturated rings. The van der Waals surface area contributed by atoms with Crippen molar-refractivity contribution in [1.29, 1.82) is 0 Å². The summed E-state index contributed by atoms with van der Waals surface area (Å²) in [7, 11) is 0. The minimum absolute atomic E-state index is 0.0790. The average Bonchev–Trinajstić information content (AvgIpc) is 3.69. The Morgan fingerprint density at radius 2 is 1.95 bits per heavy atom. The molecule has 40 heavy (non-hydrogen) atoms. The number of carbonyl (C=O) groups is 2. The Balaban J connectivity index is 0.985. The van der Waals surface area contributed by atoms with E-state index in [0.29, 0.717) is 31.8 Å². The van der Waals surface area contributed by atoms with E-state index < -0.39 is 0 Å². The van der Waals surface area contributed by atoms with Crippen LogP contribution in [0.2, 0.25) is 0 Å². The van der Waals surface area contributed by atoms with Crippen LogP contribution < -0.4 is 32.3 Å². The number of nitrogens with two attached hydrogens (primary N) is 1. The zero-order valence-electron chi connectivity index (χ0n) is 22.9. The van der Waals surface area contributed by atoms with Crippen LogP contribution in [0.5, 0.6) is 0 Å². The second-order valence-corrected chi connectivity index (χ2v) is 14.8. The predicted octanol–water partition coefficient (Wildman–Crippen LogP) is -0.695. The van der Waals surface area contributed by atoms with Crippen LogP contribution in [0.3, 0.4) is 0 Å². The Hall–Kier alpha value is -0.900. The molecule has 222 valence electrons. The number of hydrogen-bond donors (Lipinski definition) is 6. The summed E-state index contributed by atoms with van der Waals surface area (Å²) < 4.78 is 11.6. The van der Waals surface area contributed by atoms with E-state index in [2.05, 4.69) is 31.5 Å². The van der Waals surface area contributed by atoms with Crippen molar-refractivity contribution in [2.24, 2.45) is 23.5 Å². The maximum absolute atomic E-state index is 13.0. The summed E-state index contributed by atoms with van der Waals surface area (Å²) in [5, 5.41) is 19.7. The zero-order valence-corrected chi connectivity index (χ0v) is 24.5. The summed E-state index contributed by atoms with van der Waals surface area (Å²) in [6.45, 7) is 5.17. The topological polar surface area (TPSA) is 142 Å². The van der Waals surface area contributed by atoms with Gasteiger partial charge in [-0.3, -0.25) is 25.5 Å². The predicted molar refractivity (Wildman–Crippen MR) is 155 cm³/mol. The number of amides is 1. The highest BCUT2D eigenvalue weighted by atomic mass is 32.2. The van der Waals surface area contributed by atoms with Crippen LogP contribution in [0, 0.1) is 17.8 Å². The van der Waals surface area contributed by atoms with Crippen LogP contribution in [-0.2, 0) is 19.1 Å². The van der Waals surface area contributed by atoms with Crippen LogP contribution in [0.15, 0.2) is 11.1 Å². The molecule has 7 N–H and O–H groups in total. The van der Waals surface area contributed by atoms with Gasteiger partial charge in [0, 0.05) is 50.3 Å². The smallest absolute Gasteiger partial charge is 0.226 e. The van der Waals surface area contributed by atoms with E-state index in [-0.39, 0.29) is 64.0 Å². The summed E-state index contributed by atoms with van der Waals surface area (Å²) in [5.74, 6) is 0.681. The first kappa shape index (κ1) is 27.9. The van der Waals surface area contributed by atoms with E-state index in [1.165, 1.54) is 12.8 Å². The number of ketones is 1. The molecular weight excluding hydrogens is 550 g/mol. The van der Waals surface area contributed by atoms with Gasteiger partial charge in [0.2, 0.25) is 5.91 Å². The standard InChI is InChI=1S/C27H43N7O4S2/c28-16-3-1-2-4-17(16)31-19-9-14-11-29-26(36)22(14)25(32-19)33-20-12-30-27(39-20)15-13-38-23-18(35)10-21(40-24(15)23)34-5-7-37-8-6-34/h10,14-17,19-20,22-25,27,30-33H,1-9,11-13,28H2,(H,29,36)/t14?,15?,16-,17+,19?,20?,22?,23?,24?,25?,27?/m1/s1. The molecule has 7 aliphatic rings. The molecular formula is C27H43N7O4S2. The maximum atomic E-state index is 13.0. The molecule has 0 bridgehead atoms. The second kappa shape index (κ2) is 12.0. The quantitative estimate of drug-likeness (QED) is 0.232. The van der Waals surface area contributed by atoms with Crippen molar-refractivity contribution in [3.05, 3.63) is 11.1 Å². The van der Waals surface area contributed by atoms with Gasteiger partial charge in [0.05, 0.1) is 59.1 Å². The molecule has 6 heterocycles. The number of fused-ring (bicyclic) bond motifs is 2. The van der Waals surface area contributed by atoms with E-state index in [1.54, 1.807) is 17.8 Å². The van der Waals surface area contributed by atoms with Gasteiger partial charge in [0.1, 0.15) is 6.10 Å². The number of thioether (sulfide) groups is 2. The highest BCUT2D eigenvalue weighted by molar-refractivity contribution is 8.04. The Bertz CT molecular complexity index is 1000. The minimum Gasteiger partial charge on any atom is -0.378 e. The van der Waals surface area contributed by atoms with Gasteiger partial charge in [0.25, 0.3) is 0 Å². The van der Waals surface area contributed by atoms with Crippen molar-refractivity contribution in [1.82, 2.24) is 31.5 Å². The van der Waals surface area contributed by atoms with Crippen LogP contribution >= 0.6 is 23.5 Å². The van der Waals surface area contributed by atoms with Crippen molar-refractivity contribution < 1.29 is 19.1 Å². The molecule has 0 spiro atoms. The van der Waals surface area contributed by atoms with Gasteiger partial charge in [-0.15, -0.1) is 23.5 Å². The molecule has 9 unspecified atom stereocenters. The molecule has 11 atom stereocenters. The van der Waals surface area contributed by atoms with Gasteiger partial charge in [-0.1, -0.05) is 12.8 Å². The van der Waals surface area contributed by atoms with Crippen LogP contribution in [0.25, 0.3) is 0 Å². The van der Waals surface area contributed by atoms with Gasteiger partial charge < -0.3 is 30.7 Å². The second-order valence-electron chi connectivity index (χ2n) is 12.3. The number of piperidine rings is 1. The molecule has 7 rings (SSSR count). The highest BCUT2D eigenvalue weighted by Crippen LogP contribution is 2.45. The number of nitrogens with one attached hydrogen (secondary N) is 5. The molecule has 1 amide bonds. The first-order valence-electron chi connectivity index (χ1n) is 15.1. The lowest BCUT2D eigenvalue weighted by atomic mass is 9.84. The molecule has 0 aromatic rings.